The van der Waals surface area contributed by atoms with E-state index in [2.05, 4.69) is 5.32 Å². The molecule has 26 heavy (non-hydrogen) atoms. The first kappa shape index (κ1) is 19.5. The molecule has 0 atom stereocenters. The third kappa shape index (κ3) is 4.64. The van der Waals surface area contributed by atoms with Gasteiger partial charge in [0.15, 0.2) is 11.5 Å². The molecular weight excluding hydrogens is 360 g/mol. The summed E-state index contributed by atoms with van der Waals surface area (Å²) >= 11 is 0. The summed E-state index contributed by atoms with van der Waals surface area (Å²) in [6.45, 7) is 0. The molecule has 0 aliphatic carbocycles. The van der Waals surface area contributed by atoms with Crippen LogP contribution in [0.4, 0.5) is 5.69 Å². The number of hydrogen-bond donors (Lipinski definition) is 2. The van der Waals surface area contributed by atoms with E-state index in [1.807, 2.05) is 0 Å². The number of amides is 1. The molecule has 0 bridgehead atoms. The Bertz CT molecular complexity index is 869. The van der Waals surface area contributed by atoms with Gasteiger partial charge in [0, 0.05) is 5.69 Å². The molecule has 2 aromatic rings. The maximum absolute atomic E-state index is 12.3. The molecule has 0 aliphatic rings. The number of carbonyl (C=O) groups excluding carboxylic acids is 1. The number of rotatable bonds is 7. The summed E-state index contributed by atoms with van der Waals surface area (Å²) in [6, 6.07) is 8.95. The number of primary sulfonamides is 1. The van der Waals surface area contributed by atoms with Crippen molar-refractivity contribution in [3.8, 4) is 17.2 Å². The number of nitrogens with two attached hydrogens (primary N) is 1. The lowest BCUT2D eigenvalue weighted by Crippen LogP contribution is -2.15. The van der Waals surface area contributed by atoms with Gasteiger partial charge in [-0.2, -0.15) is 0 Å². The Hall–Kier alpha value is -2.78. The normalized spacial score (nSPS) is 10.9. The third-order valence-electron chi connectivity index (χ3n) is 3.56. The number of sulfonamides is 1. The Morgan fingerprint density at radius 3 is 1.96 bits per heavy atom. The number of methoxy groups -OCH3 is 3. The van der Waals surface area contributed by atoms with Gasteiger partial charge in [0.25, 0.3) is 0 Å². The maximum atomic E-state index is 12.3. The smallest absolute Gasteiger partial charge is 0.238 e. The number of hydrogen-bond acceptors (Lipinski definition) is 6. The largest absolute Gasteiger partial charge is 0.493 e. The second kappa shape index (κ2) is 8.07. The first-order valence-corrected chi connectivity index (χ1v) is 9.04. The lowest BCUT2D eigenvalue weighted by molar-refractivity contribution is -0.115. The highest BCUT2D eigenvalue weighted by molar-refractivity contribution is 7.89. The van der Waals surface area contributed by atoms with Gasteiger partial charge in [0.1, 0.15) is 0 Å². The van der Waals surface area contributed by atoms with Crippen LogP contribution in [0, 0.1) is 0 Å². The van der Waals surface area contributed by atoms with Crippen molar-refractivity contribution in [2.24, 2.45) is 5.14 Å². The van der Waals surface area contributed by atoms with Crippen molar-refractivity contribution in [3.05, 3.63) is 42.0 Å². The second-order valence-electron chi connectivity index (χ2n) is 5.33. The molecule has 8 nitrogen and oxygen atoms in total. The average molecular weight is 380 g/mol. The van der Waals surface area contributed by atoms with Crippen LogP contribution >= 0.6 is 0 Å². The first-order chi connectivity index (χ1) is 12.3. The molecule has 2 rings (SSSR count). The molecule has 0 spiro atoms. The minimum absolute atomic E-state index is 0.0277. The van der Waals surface area contributed by atoms with Crippen molar-refractivity contribution in [3.63, 3.8) is 0 Å². The van der Waals surface area contributed by atoms with Crippen LogP contribution in [-0.2, 0) is 21.2 Å². The minimum Gasteiger partial charge on any atom is -0.493 e. The van der Waals surface area contributed by atoms with Crippen molar-refractivity contribution in [2.75, 3.05) is 26.6 Å². The van der Waals surface area contributed by atoms with Crippen molar-refractivity contribution < 1.29 is 27.4 Å². The molecule has 0 aromatic heterocycles. The molecule has 0 unspecified atom stereocenters. The Morgan fingerprint density at radius 1 is 1.00 bits per heavy atom. The quantitative estimate of drug-likeness (QED) is 0.752. The standard InChI is InChI=1S/C17H20N2O6S/c1-23-14-8-11(9-15(24-2)17(14)25-3)10-16(20)19-12-4-6-13(7-5-12)26(18,21)22/h4-9H,10H2,1-3H3,(H,19,20)(H2,18,21,22). The van der Waals surface area contributed by atoms with Gasteiger partial charge in [-0.1, -0.05) is 0 Å². The van der Waals surface area contributed by atoms with Crippen LogP contribution in [0.3, 0.4) is 0 Å². The van der Waals surface area contributed by atoms with Gasteiger partial charge in [-0.05, 0) is 42.0 Å². The van der Waals surface area contributed by atoms with Crippen molar-refractivity contribution in [1.82, 2.24) is 0 Å². The van der Waals surface area contributed by atoms with Gasteiger partial charge in [0.05, 0.1) is 32.6 Å². The summed E-state index contributed by atoms with van der Waals surface area (Å²) in [5, 5.41) is 7.72. The molecular formula is C17H20N2O6S. The lowest BCUT2D eigenvalue weighted by atomic mass is 10.1. The summed E-state index contributed by atoms with van der Waals surface area (Å²) in [4.78, 5) is 12.2. The maximum Gasteiger partial charge on any atom is 0.238 e. The van der Waals surface area contributed by atoms with E-state index in [4.69, 9.17) is 19.3 Å². The van der Waals surface area contributed by atoms with Crippen LogP contribution in [-0.4, -0.2) is 35.7 Å². The zero-order chi connectivity index (χ0) is 19.3. The van der Waals surface area contributed by atoms with Crippen LogP contribution < -0.4 is 24.7 Å². The van der Waals surface area contributed by atoms with Gasteiger partial charge in [-0.25, -0.2) is 13.6 Å². The van der Waals surface area contributed by atoms with Crippen LogP contribution in [0.15, 0.2) is 41.3 Å². The summed E-state index contributed by atoms with van der Waals surface area (Å²) < 4.78 is 38.2. The highest BCUT2D eigenvalue weighted by Gasteiger charge is 2.15. The molecule has 9 heteroatoms. The van der Waals surface area contributed by atoms with E-state index in [1.54, 1.807) is 12.1 Å². The number of carbonyl (C=O) groups is 1. The molecule has 0 saturated carbocycles. The Balaban J connectivity index is 2.15. The summed E-state index contributed by atoms with van der Waals surface area (Å²) in [5.41, 5.74) is 1.12. The van der Waals surface area contributed by atoms with E-state index >= 15 is 0 Å². The minimum atomic E-state index is -3.77. The topological polar surface area (TPSA) is 117 Å². The van der Waals surface area contributed by atoms with Gasteiger partial charge in [-0.15, -0.1) is 0 Å². The van der Waals surface area contributed by atoms with Crippen LogP contribution in [0.5, 0.6) is 17.2 Å². The molecule has 0 saturated heterocycles. The first-order valence-electron chi connectivity index (χ1n) is 7.50. The van der Waals surface area contributed by atoms with E-state index in [-0.39, 0.29) is 17.2 Å². The van der Waals surface area contributed by atoms with Gasteiger partial charge in [0.2, 0.25) is 21.7 Å². The molecule has 0 radical (unpaired) electrons. The predicted molar refractivity (Wildman–Crippen MR) is 96.2 cm³/mol. The Labute approximate surface area is 151 Å². The zero-order valence-electron chi connectivity index (χ0n) is 14.6. The third-order valence-corrected chi connectivity index (χ3v) is 4.49. The fourth-order valence-corrected chi connectivity index (χ4v) is 2.87. The fourth-order valence-electron chi connectivity index (χ4n) is 2.36. The average Bonchev–Trinajstić information content (AvgIpc) is 2.60. The summed E-state index contributed by atoms with van der Waals surface area (Å²) in [6.07, 6.45) is 0.0631. The number of anilines is 1. The van der Waals surface area contributed by atoms with E-state index in [0.717, 1.165) is 0 Å². The highest BCUT2D eigenvalue weighted by atomic mass is 32.2. The van der Waals surface area contributed by atoms with E-state index in [9.17, 15) is 13.2 Å². The molecule has 0 heterocycles. The Morgan fingerprint density at radius 2 is 1.54 bits per heavy atom. The van der Waals surface area contributed by atoms with Crippen LogP contribution in [0.25, 0.3) is 0 Å². The fraction of sp³-hybridized carbons (Fsp3) is 0.235. The molecule has 1 amide bonds. The molecule has 0 fully saturated rings. The predicted octanol–water partition coefficient (Wildman–Crippen LogP) is 1.54. The second-order valence-corrected chi connectivity index (χ2v) is 6.89. The molecule has 3 N–H and O–H groups in total. The molecule has 0 aliphatic heterocycles. The monoisotopic (exact) mass is 380 g/mol. The van der Waals surface area contributed by atoms with Crippen LogP contribution in [0.2, 0.25) is 0 Å². The van der Waals surface area contributed by atoms with Gasteiger partial charge in [-0.3, -0.25) is 4.79 Å². The van der Waals surface area contributed by atoms with Gasteiger partial charge >= 0.3 is 0 Å². The lowest BCUT2D eigenvalue weighted by Gasteiger charge is -2.14. The number of ether oxygens (including phenoxy) is 3. The number of benzene rings is 2. The summed E-state index contributed by atoms with van der Waals surface area (Å²) in [5.74, 6) is 1.06. The highest BCUT2D eigenvalue weighted by Crippen LogP contribution is 2.38. The van der Waals surface area contributed by atoms with Crippen LogP contribution in [0.1, 0.15) is 5.56 Å². The Kier molecular flexibility index (Phi) is 6.06. The zero-order valence-corrected chi connectivity index (χ0v) is 15.4. The summed E-state index contributed by atoms with van der Waals surface area (Å²) in [7, 11) is 0.715. The van der Waals surface area contributed by atoms with Crippen molar-refractivity contribution in [2.45, 2.75) is 11.3 Å². The van der Waals surface area contributed by atoms with Crippen molar-refractivity contribution in [1.29, 1.82) is 0 Å². The SMILES string of the molecule is COc1cc(CC(=O)Nc2ccc(S(N)(=O)=O)cc2)cc(OC)c1OC. The van der Waals surface area contributed by atoms with E-state index in [0.29, 0.717) is 28.5 Å². The van der Waals surface area contributed by atoms with Crippen molar-refractivity contribution >= 4 is 21.6 Å². The van der Waals surface area contributed by atoms with Gasteiger partial charge < -0.3 is 19.5 Å². The molecule has 140 valence electrons. The number of nitrogens with one attached hydrogen (secondary N) is 1. The van der Waals surface area contributed by atoms with E-state index in [1.165, 1.54) is 45.6 Å². The van der Waals surface area contributed by atoms with E-state index < -0.39 is 10.0 Å². The molecule has 2 aromatic carbocycles.